The van der Waals surface area contributed by atoms with Crippen molar-refractivity contribution in [2.75, 3.05) is 11.9 Å². The maximum absolute atomic E-state index is 14.3. The van der Waals surface area contributed by atoms with Crippen LogP contribution in [0, 0.1) is 5.95 Å². The summed E-state index contributed by atoms with van der Waals surface area (Å²) in [6, 6.07) is 6.00. The predicted molar refractivity (Wildman–Crippen MR) is 70.2 cm³/mol. The van der Waals surface area contributed by atoms with E-state index in [1.165, 1.54) is 10.2 Å². The fourth-order valence-electron chi connectivity index (χ4n) is 2.48. The molecule has 0 fully saturated rings. The molecular formula is C14H16FN3. The SMILES string of the molecule is CC(C)n1ncc(-c2cccc3c2CCN3)c1F. The van der Waals surface area contributed by atoms with Crippen LogP contribution >= 0.6 is 0 Å². The maximum atomic E-state index is 14.3. The molecule has 18 heavy (non-hydrogen) atoms. The Bertz CT molecular complexity index is 587. The highest BCUT2D eigenvalue weighted by atomic mass is 19.1. The number of hydrogen-bond donors (Lipinski definition) is 1. The van der Waals surface area contributed by atoms with E-state index in [4.69, 9.17) is 0 Å². The molecule has 1 N–H and O–H groups in total. The number of nitrogens with zero attached hydrogens (tertiary/aromatic N) is 2. The van der Waals surface area contributed by atoms with Crippen molar-refractivity contribution in [2.45, 2.75) is 26.3 Å². The lowest BCUT2D eigenvalue weighted by atomic mass is 10.0. The van der Waals surface area contributed by atoms with E-state index in [9.17, 15) is 4.39 Å². The fraction of sp³-hybridized carbons (Fsp3) is 0.357. The maximum Gasteiger partial charge on any atom is 0.219 e. The summed E-state index contributed by atoms with van der Waals surface area (Å²) in [5.74, 6) is -0.245. The van der Waals surface area contributed by atoms with Crippen molar-refractivity contribution in [3.05, 3.63) is 35.9 Å². The molecule has 0 amide bonds. The van der Waals surface area contributed by atoms with E-state index >= 15 is 0 Å². The quantitative estimate of drug-likeness (QED) is 0.880. The molecule has 2 heterocycles. The standard InChI is InChI=1S/C14H16FN3/c1-9(2)18-14(15)12(8-17-18)10-4-3-5-13-11(10)6-7-16-13/h3-5,8-9,16H,6-7H2,1-2H3. The number of hydrogen-bond acceptors (Lipinski definition) is 2. The van der Waals surface area contributed by atoms with E-state index < -0.39 is 0 Å². The van der Waals surface area contributed by atoms with Gasteiger partial charge in [0.2, 0.25) is 5.95 Å². The number of fused-ring (bicyclic) bond motifs is 1. The third kappa shape index (κ3) is 1.60. The highest BCUT2D eigenvalue weighted by Crippen LogP contribution is 2.34. The smallest absolute Gasteiger partial charge is 0.219 e. The van der Waals surface area contributed by atoms with Gasteiger partial charge in [0, 0.05) is 18.3 Å². The molecule has 3 rings (SSSR count). The predicted octanol–water partition coefficient (Wildman–Crippen LogP) is 3.24. The minimum atomic E-state index is -0.245. The van der Waals surface area contributed by atoms with Gasteiger partial charge in [0.1, 0.15) is 0 Å². The van der Waals surface area contributed by atoms with E-state index in [2.05, 4.69) is 10.4 Å². The molecule has 94 valence electrons. The summed E-state index contributed by atoms with van der Waals surface area (Å²) in [6.45, 7) is 4.78. The van der Waals surface area contributed by atoms with Gasteiger partial charge in [-0.3, -0.25) is 0 Å². The summed E-state index contributed by atoms with van der Waals surface area (Å²) in [6.07, 6.45) is 2.57. The number of nitrogens with one attached hydrogen (secondary N) is 1. The van der Waals surface area contributed by atoms with E-state index in [-0.39, 0.29) is 12.0 Å². The molecule has 3 nitrogen and oxygen atoms in total. The second-order valence-electron chi connectivity index (χ2n) is 4.90. The van der Waals surface area contributed by atoms with Crippen molar-refractivity contribution in [1.82, 2.24) is 9.78 Å². The first-order valence-electron chi connectivity index (χ1n) is 6.27. The average molecular weight is 245 g/mol. The van der Waals surface area contributed by atoms with Crippen LogP contribution in [0.25, 0.3) is 11.1 Å². The summed E-state index contributed by atoms with van der Waals surface area (Å²) in [7, 11) is 0. The van der Waals surface area contributed by atoms with Crippen LogP contribution in [0.2, 0.25) is 0 Å². The average Bonchev–Trinajstić information content (AvgIpc) is 2.94. The molecule has 1 aromatic carbocycles. The van der Waals surface area contributed by atoms with Gasteiger partial charge in [-0.2, -0.15) is 9.49 Å². The summed E-state index contributed by atoms with van der Waals surface area (Å²) in [4.78, 5) is 0. The van der Waals surface area contributed by atoms with Crippen molar-refractivity contribution in [3.8, 4) is 11.1 Å². The number of halogens is 1. The molecule has 0 aliphatic carbocycles. The second kappa shape index (κ2) is 4.12. The molecule has 1 aliphatic heterocycles. The van der Waals surface area contributed by atoms with Gasteiger partial charge in [0.15, 0.2) is 0 Å². The Hall–Kier alpha value is -1.84. The lowest BCUT2D eigenvalue weighted by molar-refractivity contribution is 0.417. The van der Waals surface area contributed by atoms with Gasteiger partial charge in [-0.05, 0) is 37.5 Å². The fourth-order valence-corrected chi connectivity index (χ4v) is 2.48. The summed E-state index contributed by atoms with van der Waals surface area (Å²) in [5.41, 5.74) is 3.87. The van der Waals surface area contributed by atoms with Crippen LogP contribution in [0.5, 0.6) is 0 Å². The first-order chi connectivity index (χ1) is 8.68. The molecule has 0 radical (unpaired) electrons. The van der Waals surface area contributed by atoms with Crippen molar-refractivity contribution >= 4 is 5.69 Å². The van der Waals surface area contributed by atoms with Crippen LogP contribution < -0.4 is 5.32 Å². The third-order valence-electron chi connectivity index (χ3n) is 3.38. The Morgan fingerprint density at radius 2 is 2.17 bits per heavy atom. The van der Waals surface area contributed by atoms with Crippen LogP contribution in [-0.2, 0) is 6.42 Å². The zero-order valence-corrected chi connectivity index (χ0v) is 10.6. The molecule has 1 aliphatic rings. The van der Waals surface area contributed by atoms with Crippen molar-refractivity contribution < 1.29 is 4.39 Å². The van der Waals surface area contributed by atoms with E-state index in [0.717, 1.165) is 24.2 Å². The van der Waals surface area contributed by atoms with Gasteiger partial charge >= 0.3 is 0 Å². The van der Waals surface area contributed by atoms with Gasteiger partial charge < -0.3 is 5.32 Å². The summed E-state index contributed by atoms with van der Waals surface area (Å²) < 4.78 is 15.7. The Kier molecular flexibility index (Phi) is 2.58. The Balaban J connectivity index is 2.14. The number of rotatable bonds is 2. The summed E-state index contributed by atoms with van der Waals surface area (Å²) >= 11 is 0. The van der Waals surface area contributed by atoms with Gasteiger partial charge in [-0.15, -0.1) is 0 Å². The van der Waals surface area contributed by atoms with Crippen molar-refractivity contribution in [3.63, 3.8) is 0 Å². The molecule has 0 atom stereocenters. The van der Waals surface area contributed by atoms with Crippen molar-refractivity contribution in [2.24, 2.45) is 0 Å². The number of anilines is 1. The Labute approximate surface area is 106 Å². The molecule has 0 bridgehead atoms. The third-order valence-corrected chi connectivity index (χ3v) is 3.38. The van der Waals surface area contributed by atoms with Crippen LogP contribution in [0.4, 0.5) is 10.1 Å². The number of benzene rings is 1. The molecule has 4 heteroatoms. The molecule has 2 aromatic rings. The zero-order valence-electron chi connectivity index (χ0n) is 10.6. The molecule has 0 spiro atoms. The molecule has 0 saturated heterocycles. The van der Waals surface area contributed by atoms with Crippen molar-refractivity contribution in [1.29, 1.82) is 0 Å². The van der Waals surface area contributed by atoms with Crippen LogP contribution in [0.3, 0.4) is 0 Å². The minimum absolute atomic E-state index is 0.0358. The summed E-state index contributed by atoms with van der Waals surface area (Å²) in [5, 5.41) is 7.45. The topological polar surface area (TPSA) is 29.9 Å². The molecule has 0 saturated carbocycles. The second-order valence-corrected chi connectivity index (χ2v) is 4.90. The lowest BCUT2D eigenvalue weighted by Crippen LogP contribution is -2.05. The van der Waals surface area contributed by atoms with E-state index in [1.807, 2.05) is 32.0 Å². The van der Waals surface area contributed by atoms with Gasteiger partial charge in [-0.25, -0.2) is 4.68 Å². The van der Waals surface area contributed by atoms with Gasteiger partial charge in [0.05, 0.1) is 11.8 Å². The van der Waals surface area contributed by atoms with E-state index in [1.54, 1.807) is 6.20 Å². The van der Waals surface area contributed by atoms with Gasteiger partial charge in [-0.1, -0.05) is 12.1 Å². The monoisotopic (exact) mass is 245 g/mol. The highest BCUT2D eigenvalue weighted by Gasteiger charge is 2.20. The Morgan fingerprint density at radius 3 is 2.89 bits per heavy atom. The first-order valence-corrected chi connectivity index (χ1v) is 6.27. The normalized spacial score (nSPS) is 13.8. The van der Waals surface area contributed by atoms with Crippen LogP contribution in [-0.4, -0.2) is 16.3 Å². The molecular weight excluding hydrogens is 229 g/mol. The Morgan fingerprint density at radius 1 is 1.33 bits per heavy atom. The minimum Gasteiger partial charge on any atom is -0.384 e. The number of aromatic nitrogens is 2. The van der Waals surface area contributed by atoms with Gasteiger partial charge in [0.25, 0.3) is 0 Å². The lowest BCUT2D eigenvalue weighted by Gasteiger charge is -2.08. The van der Waals surface area contributed by atoms with Crippen LogP contribution in [0.15, 0.2) is 24.4 Å². The zero-order chi connectivity index (χ0) is 12.7. The highest BCUT2D eigenvalue weighted by molar-refractivity contribution is 5.75. The molecule has 1 aromatic heterocycles. The van der Waals surface area contributed by atoms with Crippen LogP contribution in [0.1, 0.15) is 25.5 Å². The van der Waals surface area contributed by atoms with E-state index in [0.29, 0.717) is 5.56 Å². The molecule has 0 unspecified atom stereocenters. The largest absolute Gasteiger partial charge is 0.384 e. The first kappa shape index (κ1) is 11.3.